The summed E-state index contributed by atoms with van der Waals surface area (Å²) in [6, 6.07) is 10.2. The standard InChI is InChI=1S/C22H16F3N5O2/c23-22(24,25)20-28-21-27-15-8-11(17-6-3-7-32-17)9-16(31)18(15)19(30(21)29-20)13-10-26-14-5-2-1-4-12(13)14/h1-7,10-11,19,26H,8-9H2,(H,27,28,29). The summed E-state index contributed by atoms with van der Waals surface area (Å²) in [6.45, 7) is 0. The number of anilines is 1. The topological polar surface area (TPSA) is 88.7 Å². The number of para-hydroxylation sites is 1. The lowest BCUT2D eigenvalue weighted by Crippen LogP contribution is -2.33. The molecule has 4 aromatic rings. The number of benzene rings is 1. The fourth-order valence-electron chi connectivity index (χ4n) is 4.66. The molecule has 3 aromatic heterocycles. The Hall–Kier alpha value is -3.82. The van der Waals surface area contributed by atoms with E-state index in [1.54, 1.807) is 24.6 Å². The van der Waals surface area contributed by atoms with Gasteiger partial charge in [-0.3, -0.25) is 4.79 Å². The van der Waals surface area contributed by atoms with Crippen LogP contribution in [0.25, 0.3) is 10.9 Å². The molecule has 10 heteroatoms. The number of aromatic amines is 1. The third-order valence-corrected chi connectivity index (χ3v) is 6.03. The molecule has 0 fully saturated rings. The molecular weight excluding hydrogens is 423 g/mol. The van der Waals surface area contributed by atoms with Gasteiger partial charge in [-0.2, -0.15) is 18.2 Å². The number of Topliss-reactive ketones (excluding diaryl/α,β-unsaturated/α-hetero) is 1. The van der Waals surface area contributed by atoms with Gasteiger partial charge in [0, 0.05) is 46.3 Å². The van der Waals surface area contributed by atoms with Gasteiger partial charge in [-0.1, -0.05) is 18.2 Å². The van der Waals surface area contributed by atoms with Crippen molar-refractivity contribution in [3.8, 4) is 0 Å². The quantitative estimate of drug-likeness (QED) is 0.469. The molecule has 1 aliphatic heterocycles. The van der Waals surface area contributed by atoms with Crippen molar-refractivity contribution in [1.29, 1.82) is 0 Å². The van der Waals surface area contributed by atoms with E-state index in [9.17, 15) is 18.0 Å². The first-order valence-corrected chi connectivity index (χ1v) is 10.1. The van der Waals surface area contributed by atoms with Gasteiger partial charge in [0.15, 0.2) is 5.78 Å². The summed E-state index contributed by atoms with van der Waals surface area (Å²) in [7, 11) is 0. The number of rotatable bonds is 2. The van der Waals surface area contributed by atoms with E-state index in [4.69, 9.17) is 4.42 Å². The van der Waals surface area contributed by atoms with Crippen molar-refractivity contribution in [3.63, 3.8) is 0 Å². The Labute approximate surface area is 178 Å². The van der Waals surface area contributed by atoms with E-state index in [1.807, 2.05) is 24.3 Å². The molecule has 162 valence electrons. The molecule has 1 aliphatic carbocycles. The number of furan rings is 1. The van der Waals surface area contributed by atoms with Crippen LogP contribution in [-0.4, -0.2) is 25.5 Å². The Bertz CT molecular complexity index is 1380. The number of H-pyrrole nitrogens is 1. The van der Waals surface area contributed by atoms with E-state index in [0.29, 0.717) is 29.0 Å². The maximum absolute atomic E-state index is 13.4. The van der Waals surface area contributed by atoms with Crippen LogP contribution < -0.4 is 5.32 Å². The van der Waals surface area contributed by atoms with Gasteiger partial charge in [-0.15, -0.1) is 5.10 Å². The van der Waals surface area contributed by atoms with Crippen LogP contribution in [0, 0.1) is 0 Å². The second-order valence-electron chi connectivity index (χ2n) is 7.95. The second kappa shape index (κ2) is 6.59. The summed E-state index contributed by atoms with van der Waals surface area (Å²) in [5, 5.41) is 7.52. The van der Waals surface area contributed by atoms with Gasteiger partial charge in [0.2, 0.25) is 5.95 Å². The maximum Gasteiger partial charge on any atom is 0.453 e. The minimum atomic E-state index is -4.71. The number of nitrogens with zero attached hydrogens (tertiary/aromatic N) is 3. The van der Waals surface area contributed by atoms with Crippen molar-refractivity contribution in [2.45, 2.75) is 31.0 Å². The van der Waals surface area contributed by atoms with Gasteiger partial charge in [0.05, 0.1) is 6.26 Å². The number of hydrogen-bond donors (Lipinski definition) is 2. The lowest BCUT2D eigenvalue weighted by atomic mass is 9.79. The summed E-state index contributed by atoms with van der Waals surface area (Å²) >= 11 is 0. The number of alkyl halides is 3. The first-order chi connectivity index (χ1) is 15.4. The molecular formula is C22H16F3N5O2. The van der Waals surface area contributed by atoms with Gasteiger partial charge >= 0.3 is 6.18 Å². The van der Waals surface area contributed by atoms with Crippen molar-refractivity contribution >= 4 is 22.6 Å². The highest BCUT2D eigenvalue weighted by molar-refractivity contribution is 6.01. The highest BCUT2D eigenvalue weighted by Gasteiger charge is 2.44. The van der Waals surface area contributed by atoms with Gasteiger partial charge < -0.3 is 14.7 Å². The van der Waals surface area contributed by atoms with Crippen LogP contribution in [0.4, 0.5) is 19.1 Å². The van der Waals surface area contributed by atoms with E-state index < -0.39 is 18.0 Å². The maximum atomic E-state index is 13.4. The lowest BCUT2D eigenvalue weighted by Gasteiger charge is -2.34. The average Bonchev–Trinajstić information content (AvgIpc) is 3.50. The third-order valence-electron chi connectivity index (χ3n) is 6.03. The van der Waals surface area contributed by atoms with Crippen molar-refractivity contribution in [2.75, 3.05) is 5.32 Å². The molecule has 0 bridgehead atoms. The van der Waals surface area contributed by atoms with Gasteiger partial charge in [0.1, 0.15) is 11.8 Å². The average molecular weight is 439 g/mol. The van der Waals surface area contributed by atoms with Crippen LogP contribution in [0.5, 0.6) is 0 Å². The summed E-state index contributed by atoms with van der Waals surface area (Å²) in [6.07, 6.45) is -0.836. The minimum absolute atomic E-state index is 0.0424. The predicted octanol–water partition coefficient (Wildman–Crippen LogP) is 4.79. The molecule has 32 heavy (non-hydrogen) atoms. The number of allylic oxidation sites excluding steroid dienone is 2. The highest BCUT2D eigenvalue weighted by atomic mass is 19.4. The van der Waals surface area contributed by atoms with Crippen LogP contribution in [-0.2, 0) is 11.0 Å². The Morgan fingerprint density at radius 3 is 2.75 bits per heavy atom. The van der Waals surface area contributed by atoms with Crippen LogP contribution in [0.2, 0.25) is 0 Å². The summed E-state index contributed by atoms with van der Waals surface area (Å²) in [5.74, 6) is -0.994. The Morgan fingerprint density at radius 1 is 1.12 bits per heavy atom. The van der Waals surface area contributed by atoms with Crippen LogP contribution >= 0.6 is 0 Å². The monoisotopic (exact) mass is 439 g/mol. The molecule has 0 spiro atoms. The molecule has 2 N–H and O–H groups in total. The molecule has 0 saturated heterocycles. The molecule has 2 unspecified atom stereocenters. The lowest BCUT2D eigenvalue weighted by molar-refractivity contribution is -0.145. The molecule has 0 saturated carbocycles. The van der Waals surface area contributed by atoms with Crippen molar-refractivity contribution in [2.24, 2.45) is 0 Å². The zero-order chi connectivity index (χ0) is 22.0. The summed E-state index contributed by atoms with van der Waals surface area (Å²) in [4.78, 5) is 20.2. The highest BCUT2D eigenvalue weighted by Crippen LogP contribution is 2.46. The molecule has 2 atom stereocenters. The zero-order valence-corrected chi connectivity index (χ0v) is 16.5. The fraction of sp³-hybridized carbons (Fsp3) is 0.227. The van der Waals surface area contributed by atoms with E-state index in [2.05, 4.69) is 20.4 Å². The Morgan fingerprint density at radius 2 is 1.97 bits per heavy atom. The van der Waals surface area contributed by atoms with E-state index in [0.717, 1.165) is 10.9 Å². The number of carbonyl (C=O) groups is 1. The van der Waals surface area contributed by atoms with Crippen molar-refractivity contribution in [1.82, 2.24) is 19.7 Å². The molecule has 0 amide bonds. The smallest absolute Gasteiger partial charge is 0.453 e. The molecule has 1 aromatic carbocycles. The number of ketones is 1. The zero-order valence-electron chi connectivity index (χ0n) is 16.5. The van der Waals surface area contributed by atoms with E-state index >= 15 is 0 Å². The number of carbonyl (C=O) groups excluding carboxylic acids is 1. The van der Waals surface area contributed by atoms with Crippen LogP contribution in [0.15, 0.2) is 64.5 Å². The predicted molar refractivity (Wildman–Crippen MR) is 108 cm³/mol. The molecule has 2 aliphatic rings. The number of hydrogen-bond acceptors (Lipinski definition) is 5. The Balaban J connectivity index is 1.54. The fourth-order valence-corrected chi connectivity index (χ4v) is 4.66. The van der Waals surface area contributed by atoms with Crippen molar-refractivity contribution < 1.29 is 22.4 Å². The van der Waals surface area contributed by atoms with Crippen LogP contribution in [0.3, 0.4) is 0 Å². The summed E-state index contributed by atoms with van der Waals surface area (Å²) in [5.41, 5.74) is 2.44. The minimum Gasteiger partial charge on any atom is -0.469 e. The molecule has 0 radical (unpaired) electrons. The third kappa shape index (κ3) is 2.79. The second-order valence-corrected chi connectivity index (χ2v) is 7.95. The first kappa shape index (κ1) is 18.9. The summed E-state index contributed by atoms with van der Waals surface area (Å²) < 4.78 is 46.9. The Kier molecular flexibility index (Phi) is 3.89. The normalized spacial score (nSPS) is 20.9. The molecule has 4 heterocycles. The first-order valence-electron chi connectivity index (χ1n) is 10.1. The molecule has 6 rings (SSSR count). The van der Waals surface area contributed by atoms with E-state index in [1.165, 1.54) is 4.68 Å². The van der Waals surface area contributed by atoms with Gasteiger partial charge in [-0.25, -0.2) is 4.68 Å². The molecule has 7 nitrogen and oxygen atoms in total. The van der Waals surface area contributed by atoms with Gasteiger partial charge in [-0.05, 0) is 24.6 Å². The largest absolute Gasteiger partial charge is 0.469 e. The number of halogens is 3. The van der Waals surface area contributed by atoms with E-state index in [-0.39, 0.29) is 24.1 Å². The number of aromatic nitrogens is 4. The van der Waals surface area contributed by atoms with Crippen molar-refractivity contribution in [3.05, 3.63) is 77.3 Å². The number of nitrogens with one attached hydrogen (secondary N) is 2. The van der Waals surface area contributed by atoms with Gasteiger partial charge in [0.25, 0.3) is 5.82 Å². The van der Waals surface area contributed by atoms with Crippen LogP contribution in [0.1, 0.15) is 41.9 Å². The number of fused-ring (bicyclic) bond motifs is 2. The SMILES string of the molecule is O=C1CC(c2ccco2)CC2=C1C(c1c[nH]c3ccccc13)n1nc(C(F)(F)F)nc1N2.